The average Bonchev–Trinajstić information content (AvgIpc) is 2.75. The van der Waals surface area contributed by atoms with Gasteiger partial charge in [0.1, 0.15) is 0 Å². The smallest absolute Gasteiger partial charge is 0.303 e. The molecule has 1 aromatic carbocycles. The lowest BCUT2D eigenvalue weighted by Gasteiger charge is -2.04. The van der Waals surface area contributed by atoms with E-state index in [1.807, 2.05) is 18.2 Å². The van der Waals surface area contributed by atoms with Gasteiger partial charge in [-0.3, -0.25) is 4.79 Å². The van der Waals surface area contributed by atoms with Crippen LogP contribution >= 0.6 is 11.3 Å². The molecule has 0 spiro atoms. The Balaban J connectivity index is 2.31. The molecule has 1 N–H and O–H groups in total. The van der Waals surface area contributed by atoms with Gasteiger partial charge < -0.3 is 5.11 Å². The van der Waals surface area contributed by atoms with Gasteiger partial charge in [0.25, 0.3) is 0 Å². The Kier molecular flexibility index (Phi) is 3.54. The molecule has 0 aliphatic rings. The van der Waals surface area contributed by atoms with E-state index in [0.717, 1.165) is 16.1 Å². The van der Waals surface area contributed by atoms with E-state index in [-0.39, 0.29) is 6.42 Å². The molecule has 4 heteroatoms. The Hall–Kier alpha value is -1.68. The number of benzene rings is 1. The first kappa shape index (κ1) is 11.8. The highest BCUT2D eigenvalue weighted by Gasteiger charge is 2.11. The van der Waals surface area contributed by atoms with Crippen LogP contribution in [0.15, 0.2) is 29.8 Å². The number of aryl methyl sites for hydroxylation is 2. The molecular weight excluding hydrogens is 234 g/mol. The van der Waals surface area contributed by atoms with Crippen LogP contribution in [-0.2, 0) is 11.2 Å². The maximum absolute atomic E-state index is 10.6. The van der Waals surface area contributed by atoms with E-state index in [0.29, 0.717) is 6.42 Å². The van der Waals surface area contributed by atoms with E-state index in [2.05, 4.69) is 18.0 Å². The predicted molar refractivity (Wildman–Crippen MR) is 68.2 cm³/mol. The van der Waals surface area contributed by atoms with Gasteiger partial charge in [-0.05, 0) is 18.1 Å². The van der Waals surface area contributed by atoms with Gasteiger partial charge in [0.05, 0.1) is 22.5 Å². The topological polar surface area (TPSA) is 50.2 Å². The maximum atomic E-state index is 10.6. The van der Waals surface area contributed by atoms with Crippen molar-refractivity contribution in [1.29, 1.82) is 0 Å². The molecule has 0 unspecified atom stereocenters. The van der Waals surface area contributed by atoms with Crippen LogP contribution < -0.4 is 0 Å². The van der Waals surface area contributed by atoms with Crippen molar-refractivity contribution in [2.24, 2.45) is 0 Å². The standard InChI is InChI=1S/C13H13NO2S/c1-9-4-2-3-5-10(9)13-11(14-8-17-13)6-7-12(15)16/h2-5,8H,6-7H2,1H3,(H,15,16). The summed E-state index contributed by atoms with van der Waals surface area (Å²) in [4.78, 5) is 15.9. The van der Waals surface area contributed by atoms with E-state index in [4.69, 9.17) is 5.11 Å². The number of rotatable bonds is 4. The molecular formula is C13H13NO2S. The zero-order chi connectivity index (χ0) is 12.3. The lowest BCUT2D eigenvalue weighted by molar-refractivity contribution is -0.136. The average molecular weight is 247 g/mol. The largest absolute Gasteiger partial charge is 0.481 e. The molecule has 0 amide bonds. The molecule has 0 saturated carbocycles. The summed E-state index contributed by atoms with van der Waals surface area (Å²) in [6.45, 7) is 2.05. The normalized spacial score (nSPS) is 10.4. The quantitative estimate of drug-likeness (QED) is 0.903. The van der Waals surface area contributed by atoms with Gasteiger partial charge in [-0.25, -0.2) is 4.98 Å². The van der Waals surface area contributed by atoms with Gasteiger partial charge in [-0.1, -0.05) is 24.3 Å². The second-order valence-electron chi connectivity index (χ2n) is 3.84. The summed E-state index contributed by atoms with van der Waals surface area (Å²) >= 11 is 1.56. The minimum atomic E-state index is -0.784. The number of hydrogen-bond donors (Lipinski definition) is 1. The number of thiazole rings is 1. The van der Waals surface area contributed by atoms with Crippen molar-refractivity contribution in [2.45, 2.75) is 19.8 Å². The van der Waals surface area contributed by atoms with Crippen molar-refractivity contribution in [1.82, 2.24) is 4.98 Å². The molecule has 0 bridgehead atoms. The Morgan fingerprint density at radius 2 is 2.18 bits per heavy atom. The Bertz CT molecular complexity index is 534. The maximum Gasteiger partial charge on any atom is 0.303 e. The van der Waals surface area contributed by atoms with E-state index >= 15 is 0 Å². The van der Waals surface area contributed by atoms with Crippen LogP contribution in [0.2, 0.25) is 0 Å². The third-order valence-electron chi connectivity index (χ3n) is 2.61. The second-order valence-corrected chi connectivity index (χ2v) is 4.69. The van der Waals surface area contributed by atoms with Crippen molar-refractivity contribution in [3.8, 4) is 10.4 Å². The summed E-state index contributed by atoms with van der Waals surface area (Å²) in [6, 6.07) is 8.09. The van der Waals surface area contributed by atoms with Crippen molar-refractivity contribution in [3.63, 3.8) is 0 Å². The zero-order valence-corrected chi connectivity index (χ0v) is 10.3. The molecule has 0 atom stereocenters. The van der Waals surface area contributed by atoms with Crippen LogP contribution in [0.25, 0.3) is 10.4 Å². The van der Waals surface area contributed by atoms with Crippen molar-refractivity contribution in [2.75, 3.05) is 0 Å². The van der Waals surface area contributed by atoms with Crippen LogP contribution in [0, 0.1) is 6.92 Å². The van der Waals surface area contributed by atoms with Crippen molar-refractivity contribution < 1.29 is 9.90 Å². The molecule has 2 rings (SSSR count). The molecule has 2 aromatic rings. The fourth-order valence-electron chi connectivity index (χ4n) is 1.72. The first-order chi connectivity index (χ1) is 8.18. The summed E-state index contributed by atoms with van der Waals surface area (Å²) in [5, 5.41) is 8.70. The lowest BCUT2D eigenvalue weighted by Crippen LogP contribution is -1.98. The molecule has 88 valence electrons. The van der Waals surface area contributed by atoms with Crippen molar-refractivity contribution >= 4 is 17.3 Å². The number of aliphatic carboxylic acids is 1. The van der Waals surface area contributed by atoms with Gasteiger partial charge in [0.15, 0.2) is 0 Å². The molecule has 1 heterocycles. The van der Waals surface area contributed by atoms with Crippen LogP contribution in [0.5, 0.6) is 0 Å². The summed E-state index contributed by atoms with van der Waals surface area (Å²) < 4.78 is 0. The number of carbonyl (C=O) groups is 1. The first-order valence-corrected chi connectivity index (χ1v) is 6.26. The van der Waals surface area contributed by atoms with Crippen molar-refractivity contribution in [3.05, 3.63) is 41.0 Å². The summed E-state index contributed by atoms with van der Waals surface area (Å²) in [5.41, 5.74) is 4.99. The van der Waals surface area contributed by atoms with Gasteiger partial charge in [0, 0.05) is 6.42 Å². The Labute approximate surface area is 104 Å². The summed E-state index contributed by atoms with van der Waals surface area (Å²) in [7, 11) is 0. The Morgan fingerprint density at radius 3 is 2.88 bits per heavy atom. The number of hydrogen-bond acceptors (Lipinski definition) is 3. The van der Waals surface area contributed by atoms with Gasteiger partial charge in [0.2, 0.25) is 0 Å². The molecule has 0 aliphatic carbocycles. The molecule has 0 fully saturated rings. The molecule has 3 nitrogen and oxygen atoms in total. The van der Waals surface area contributed by atoms with Crippen LogP contribution in [0.4, 0.5) is 0 Å². The monoisotopic (exact) mass is 247 g/mol. The first-order valence-electron chi connectivity index (χ1n) is 5.38. The van der Waals surface area contributed by atoms with Crippen LogP contribution in [-0.4, -0.2) is 16.1 Å². The molecule has 0 radical (unpaired) electrons. The zero-order valence-electron chi connectivity index (χ0n) is 9.51. The SMILES string of the molecule is Cc1ccccc1-c1scnc1CCC(=O)O. The highest BCUT2D eigenvalue weighted by Crippen LogP contribution is 2.30. The molecule has 1 aromatic heterocycles. The van der Waals surface area contributed by atoms with Gasteiger partial charge >= 0.3 is 5.97 Å². The number of carboxylic acids is 1. The van der Waals surface area contributed by atoms with Gasteiger partial charge in [-0.2, -0.15) is 0 Å². The molecule has 0 saturated heterocycles. The lowest BCUT2D eigenvalue weighted by atomic mass is 10.0. The minimum Gasteiger partial charge on any atom is -0.481 e. The van der Waals surface area contributed by atoms with Crippen LogP contribution in [0.1, 0.15) is 17.7 Å². The number of carboxylic acid groups (broad SMARTS) is 1. The number of nitrogens with zero attached hydrogens (tertiary/aromatic N) is 1. The number of aromatic nitrogens is 1. The molecule has 0 aliphatic heterocycles. The third-order valence-corrected chi connectivity index (χ3v) is 3.51. The minimum absolute atomic E-state index is 0.128. The van der Waals surface area contributed by atoms with E-state index in [1.165, 1.54) is 5.56 Å². The highest BCUT2D eigenvalue weighted by atomic mass is 32.1. The predicted octanol–water partition coefficient (Wildman–Crippen LogP) is 3.14. The fraction of sp³-hybridized carbons (Fsp3) is 0.231. The summed E-state index contributed by atoms with van der Waals surface area (Å²) in [5.74, 6) is -0.784. The second kappa shape index (κ2) is 5.10. The van der Waals surface area contributed by atoms with E-state index < -0.39 is 5.97 Å². The van der Waals surface area contributed by atoms with E-state index in [1.54, 1.807) is 16.8 Å². The van der Waals surface area contributed by atoms with Crippen LogP contribution in [0.3, 0.4) is 0 Å². The van der Waals surface area contributed by atoms with E-state index in [9.17, 15) is 4.79 Å². The van der Waals surface area contributed by atoms with Gasteiger partial charge in [-0.15, -0.1) is 11.3 Å². The highest BCUT2D eigenvalue weighted by molar-refractivity contribution is 7.13. The Morgan fingerprint density at radius 1 is 1.41 bits per heavy atom. The summed E-state index contributed by atoms with van der Waals surface area (Å²) in [6.07, 6.45) is 0.616. The third kappa shape index (κ3) is 2.71. The fourth-order valence-corrected chi connectivity index (χ4v) is 2.65. The molecule has 17 heavy (non-hydrogen) atoms.